The summed E-state index contributed by atoms with van der Waals surface area (Å²) in [5, 5.41) is 5.19. The topological polar surface area (TPSA) is 63.6 Å². The number of nitrogens with one attached hydrogen (secondary N) is 1. The van der Waals surface area contributed by atoms with Crippen molar-refractivity contribution in [1.82, 2.24) is 19.9 Å². The Bertz CT molecular complexity index is 1100. The van der Waals surface area contributed by atoms with Crippen LogP contribution < -0.4 is 5.32 Å². The predicted molar refractivity (Wildman–Crippen MR) is 105 cm³/mol. The fraction of sp³-hybridized carbons (Fsp3) is 0.0526. The van der Waals surface area contributed by atoms with Crippen molar-refractivity contribution in [3.8, 4) is 11.5 Å². The average Bonchev–Trinajstić information content (AvgIpc) is 2.66. The van der Waals surface area contributed by atoms with Gasteiger partial charge in [0, 0.05) is 23.5 Å². The van der Waals surface area contributed by atoms with Crippen LogP contribution in [0.15, 0.2) is 55.0 Å². The van der Waals surface area contributed by atoms with E-state index in [0.29, 0.717) is 27.4 Å². The summed E-state index contributed by atoms with van der Waals surface area (Å²) in [7, 11) is 0. The molecule has 7 heteroatoms. The fourth-order valence-corrected chi connectivity index (χ4v) is 2.93. The van der Waals surface area contributed by atoms with E-state index in [0.717, 1.165) is 22.2 Å². The van der Waals surface area contributed by atoms with Gasteiger partial charge in [0.15, 0.2) is 5.82 Å². The van der Waals surface area contributed by atoms with Gasteiger partial charge in [-0.15, -0.1) is 0 Å². The van der Waals surface area contributed by atoms with Crippen LogP contribution in [0.3, 0.4) is 0 Å². The van der Waals surface area contributed by atoms with Gasteiger partial charge in [0.25, 0.3) is 0 Å². The summed E-state index contributed by atoms with van der Waals surface area (Å²) in [5.74, 6) is 1.17. The van der Waals surface area contributed by atoms with Gasteiger partial charge in [-0.3, -0.25) is 4.98 Å². The number of hydrogen-bond acceptors (Lipinski definition) is 5. The number of halogens is 2. The standard InChI is InChI=1S/C19H13Cl2N5/c1-11-3-2-4-13-17(11)25-19(16-10-22-7-8-23-16)26-18(13)24-12-5-6-14(20)15(21)9-12/h2-10H,1H3,(H,24,25,26). The first kappa shape index (κ1) is 16.7. The molecule has 4 aromatic rings. The highest BCUT2D eigenvalue weighted by Gasteiger charge is 2.12. The number of rotatable bonds is 3. The lowest BCUT2D eigenvalue weighted by Gasteiger charge is -2.12. The molecule has 0 bridgehead atoms. The smallest absolute Gasteiger partial charge is 0.182 e. The highest BCUT2D eigenvalue weighted by Crippen LogP contribution is 2.31. The number of anilines is 2. The molecule has 1 N–H and O–H groups in total. The van der Waals surface area contributed by atoms with E-state index >= 15 is 0 Å². The van der Waals surface area contributed by atoms with Crippen LogP contribution in [0.5, 0.6) is 0 Å². The fourth-order valence-electron chi connectivity index (χ4n) is 2.63. The van der Waals surface area contributed by atoms with E-state index in [1.807, 2.05) is 31.2 Å². The van der Waals surface area contributed by atoms with E-state index in [9.17, 15) is 0 Å². The van der Waals surface area contributed by atoms with Gasteiger partial charge in [0.05, 0.1) is 21.8 Å². The minimum absolute atomic E-state index is 0.473. The second kappa shape index (κ2) is 6.86. The van der Waals surface area contributed by atoms with Crippen LogP contribution in [0.1, 0.15) is 5.56 Å². The van der Waals surface area contributed by atoms with Crippen molar-refractivity contribution in [3.05, 3.63) is 70.6 Å². The normalized spacial score (nSPS) is 10.9. The van der Waals surface area contributed by atoms with Gasteiger partial charge in [-0.05, 0) is 36.8 Å². The van der Waals surface area contributed by atoms with Crippen molar-refractivity contribution in [1.29, 1.82) is 0 Å². The molecule has 0 fully saturated rings. The molecule has 0 amide bonds. The number of fused-ring (bicyclic) bond motifs is 1. The van der Waals surface area contributed by atoms with Gasteiger partial charge >= 0.3 is 0 Å². The first-order valence-electron chi connectivity index (χ1n) is 7.87. The zero-order valence-electron chi connectivity index (χ0n) is 13.7. The maximum atomic E-state index is 6.13. The summed E-state index contributed by atoms with van der Waals surface area (Å²) < 4.78 is 0. The molecule has 2 aromatic carbocycles. The van der Waals surface area contributed by atoms with Crippen LogP contribution in [-0.2, 0) is 0 Å². The molecular weight excluding hydrogens is 369 g/mol. The summed E-state index contributed by atoms with van der Waals surface area (Å²) in [5.41, 5.74) is 3.29. The number of benzene rings is 2. The maximum absolute atomic E-state index is 6.13. The molecule has 128 valence electrons. The van der Waals surface area contributed by atoms with E-state index in [1.165, 1.54) is 0 Å². The molecule has 0 atom stereocenters. The molecule has 0 aliphatic rings. The number of aryl methyl sites for hydroxylation is 1. The monoisotopic (exact) mass is 381 g/mol. The Morgan fingerprint density at radius 3 is 2.62 bits per heavy atom. The third-order valence-corrected chi connectivity index (χ3v) is 4.64. The summed E-state index contributed by atoms with van der Waals surface area (Å²) in [6, 6.07) is 11.3. The van der Waals surface area contributed by atoms with Crippen molar-refractivity contribution < 1.29 is 0 Å². The Morgan fingerprint density at radius 1 is 0.962 bits per heavy atom. The lowest BCUT2D eigenvalue weighted by Crippen LogP contribution is -2.01. The molecule has 26 heavy (non-hydrogen) atoms. The molecule has 0 aliphatic carbocycles. The third-order valence-electron chi connectivity index (χ3n) is 3.90. The van der Waals surface area contributed by atoms with Crippen LogP contribution in [0, 0.1) is 6.92 Å². The van der Waals surface area contributed by atoms with Gasteiger partial charge in [0.1, 0.15) is 11.5 Å². The molecule has 4 rings (SSSR count). The quantitative estimate of drug-likeness (QED) is 0.511. The first-order chi connectivity index (χ1) is 12.6. The molecule has 0 aliphatic heterocycles. The van der Waals surface area contributed by atoms with Crippen molar-refractivity contribution in [2.75, 3.05) is 5.32 Å². The Labute approximate surface area is 160 Å². The molecule has 0 spiro atoms. The van der Waals surface area contributed by atoms with Gasteiger partial charge < -0.3 is 5.32 Å². The van der Waals surface area contributed by atoms with E-state index < -0.39 is 0 Å². The molecule has 2 heterocycles. The van der Waals surface area contributed by atoms with Gasteiger partial charge in [0.2, 0.25) is 0 Å². The van der Waals surface area contributed by atoms with E-state index in [4.69, 9.17) is 23.2 Å². The van der Waals surface area contributed by atoms with Crippen LogP contribution in [-0.4, -0.2) is 19.9 Å². The van der Waals surface area contributed by atoms with Crippen LogP contribution >= 0.6 is 23.2 Å². The molecule has 2 aromatic heterocycles. The van der Waals surface area contributed by atoms with Crippen molar-refractivity contribution in [2.45, 2.75) is 6.92 Å². The largest absolute Gasteiger partial charge is 0.340 e. The van der Waals surface area contributed by atoms with Gasteiger partial charge in [-0.25, -0.2) is 15.0 Å². The maximum Gasteiger partial charge on any atom is 0.182 e. The van der Waals surface area contributed by atoms with Crippen LogP contribution in [0.25, 0.3) is 22.4 Å². The second-order valence-electron chi connectivity index (χ2n) is 5.71. The number of hydrogen-bond donors (Lipinski definition) is 1. The minimum Gasteiger partial charge on any atom is -0.340 e. The Morgan fingerprint density at radius 2 is 1.85 bits per heavy atom. The second-order valence-corrected chi connectivity index (χ2v) is 6.53. The highest BCUT2D eigenvalue weighted by molar-refractivity contribution is 6.42. The van der Waals surface area contributed by atoms with E-state index in [-0.39, 0.29) is 0 Å². The van der Waals surface area contributed by atoms with Crippen LogP contribution in [0.4, 0.5) is 11.5 Å². The zero-order valence-corrected chi connectivity index (χ0v) is 15.3. The summed E-state index contributed by atoms with van der Waals surface area (Å²) in [4.78, 5) is 17.7. The SMILES string of the molecule is Cc1cccc2c(Nc3ccc(Cl)c(Cl)c3)nc(-c3cnccn3)nc12. The minimum atomic E-state index is 0.473. The molecule has 0 radical (unpaired) electrons. The lowest BCUT2D eigenvalue weighted by atomic mass is 10.1. The first-order valence-corrected chi connectivity index (χ1v) is 8.63. The number of para-hydroxylation sites is 1. The molecule has 5 nitrogen and oxygen atoms in total. The number of nitrogens with zero attached hydrogens (tertiary/aromatic N) is 4. The van der Waals surface area contributed by atoms with Gasteiger partial charge in [-0.2, -0.15) is 0 Å². The van der Waals surface area contributed by atoms with Gasteiger partial charge in [-0.1, -0.05) is 35.3 Å². The highest BCUT2D eigenvalue weighted by atomic mass is 35.5. The Kier molecular flexibility index (Phi) is 4.41. The summed E-state index contributed by atoms with van der Waals surface area (Å²) in [6.45, 7) is 2.01. The predicted octanol–water partition coefficient (Wildman–Crippen LogP) is 5.45. The van der Waals surface area contributed by atoms with Crippen molar-refractivity contribution in [3.63, 3.8) is 0 Å². The average molecular weight is 382 g/mol. The van der Waals surface area contributed by atoms with Crippen molar-refractivity contribution in [2.24, 2.45) is 0 Å². The summed E-state index contributed by atoms with van der Waals surface area (Å²) >= 11 is 12.1. The number of aromatic nitrogens is 4. The Hall–Kier alpha value is -2.76. The molecule has 0 unspecified atom stereocenters. The molecule has 0 saturated carbocycles. The van der Waals surface area contributed by atoms with E-state index in [1.54, 1.807) is 30.7 Å². The summed E-state index contributed by atoms with van der Waals surface area (Å²) in [6.07, 6.45) is 4.87. The Balaban J connectivity index is 1.89. The van der Waals surface area contributed by atoms with E-state index in [2.05, 4.69) is 25.3 Å². The molecule has 0 saturated heterocycles. The third kappa shape index (κ3) is 3.19. The molecular formula is C19H13Cl2N5. The van der Waals surface area contributed by atoms with Crippen molar-refractivity contribution >= 4 is 45.6 Å². The zero-order chi connectivity index (χ0) is 18.1. The van der Waals surface area contributed by atoms with Crippen LogP contribution in [0.2, 0.25) is 10.0 Å². The lowest BCUT2D eigenvalue weighted by molar-refractivity contribution is 1.13.